The zero-order chi connectivity index (χ0) is 27.0. The van der Waals surface area contributed by atoms with Crippen LogP contribution in [-0.2, 0) is 4.52 Å². The molecule has 2 aromatic rings. The molecule has 2 bridgehead atoms. The molecule has 4 rings (SSSR count). The molecule has 0 aliphatic heterocycles. The van der Waals surface area contributed by atoms with Gasteiger partial charge in [-0.05, 0) is 86.5 Å². The van der Waals surface area contributed by atoms with Gasteiger partial charge in [0.2, 0.25) is 0 Å². The van der Waals surface area contributed by atoms with Crippen molar-refractivity contribution in [2.75, 3.05) is 6.61 Å². The first kappa shape index (κ1) is 28.1. The lowest BCUT2D eigenvalue weighted by Crippen LogP contribution is -2.34. The molecular weight excluding hydrogens is 477 g/mol. The summed E-state index contributed by atoms with van der Waals surface area (Å²) in [6.07, 6.45) is 4.76. The van der Waals surface area contributed by atoms with Gasteiger partial charge >= 0.3 is 8.60 Å². The van der Waals surface area contributed by atoms with E-state index in [1.165, 1.54) is 18.6 Å². The molecule has 37 heavy (non-hydrogen) atoms. The summed E-state index contributed by atoms with van der Waals surface area (Å²) in [7, 11) is -1.67. The molecule has 0 N–H and O–H groups in total. The summed E-state index contributed by atoms with van der Waals surface area (Å²) in [6, 6.07) is 12.5. The second-order valence-corrected chi connectivity index (χ2v) is 13.2. The van der Waals surface area contributed by atoms with Crippen LogP contribution in [0.3, 0.4) is 0 Å². The van der Waals surface area contributed by atoms with Crippen molar-refractivity contribution >= 4 is 14.3 Å². The average Bonchev–Trinajstić information content (AvgIpc) is 3.18. The van der Waals surface area contributed by atoms with Gasteiger partial charge in [-0.25, -0.2) is 0 Å². The van der Waals surface area contributed by atoms with Crippen molar-refractivity contribution in [2.45, 2.75) is 94.0 Å². The SMILES string of the molecule is CC[C@H](C)[C@@H](COP(Oc1c(C)cccc1C)Oc1c(C)cccc1C)N=C1C[C@H]2CC[C@]1(C)C2(C)C. The Balaban J connectivity index is 1.60. The molecule has 4 atom stereocenters. The molecule has 2 aromatic carbocycles. The van der Waals surface area contributed by atoms with Crippen LogP contribution in [0.25, 0.3) is 0 Å². The van der Waals surface area contributed by atoms with Crippen molar-refractivity contribution in [2.24, 2.45) is 27.7 Å². The zero-order valence-corrected chi connectivity index (χ0v) is 25.2. The van der Waals surface area contributed by atoms with Crippen LogP contribution in [0.2, 0.25) is 0 Å². The highest BCUT2D eigenvalue weighted by molar-refractivity contribution is 7.42. The maximum Gasteiger partial charge on any atom is 0.463 e. The number of aliphatic imine (C=N–C) groups is 1. The van der Waals surface area contributed by atoms with E-state index in [-0.39, 0.29) is 11.5 Å². The molecule has 2 saturated carbocycles. The Bertz CT molecular complexity index is 1050. The topological polar surface area (TPSA) is 40.0 Å². The zero-order valence-electron chi connectivity index (χ0n) is 24.4. The Kier molecular flexibility index (Phi) is 8.41. The molecule has 2 fully saturated rings. The summed E-state index contributed by atoms with van der Waals surface area (Å²) < 4.78 is 19.5. The molecular formula is C32H46NO3P. The standard InChI is InChI=1S/C32H46NO3P/c1-10-21(2)27(33-28-19-26-17-18-32(28,9)31(26,7)8)20-34-37(35-29-22(3)13-11-14-23(29)4)36-30-24(5)15-12-16-25(30)6/h11-16,21,26-27H,10,17-20H2,1-9H3/t21-,26+,27+,32-/m0/s1. The fourth-order valence-electron chi connectivity index (χ4n) is 6.17. The van der Waals surface area contributed by atoms with Crippen molar-refractivity contribution in [1.82, 2.24) is 0 Å². The lowest BCUT2D eigenvalue weighted by Gasteiger charge is -2.35. The predicted molar refractivity (Wildman–Crippen MR) is 156 cm³/mol. The van der Waals surface area contributed by atoms with Gasteiger partial charge in [-0.3, -0.25) is 9.52 Å². The number of hydrogen-bond acceptors (Lipinski definition) is 4. The quantitative estimate of drug-likeness (QED) is 0.291. The number of hydrogen-bond donors (Lipinski definition) is 0. The Morgan fingerprint density at radius 2 is 1.43 bits per heavy atom. The molecule has 0 amide bonds. The molecule has 2 aliphatic carbocycles. The number of benzene rings is 2. The van der Waals surface area contributed by atoms with Gasteiger partial charge in [-0.1, -0.05) is 77.4 Å². The second kappa shape index (κ2) is 11.1. The largest absolute Gasteiger partial charge is 0.463 e. The maximum absolute atomic E-state index is 6.54. The van der Waals surface area contributed by atoms with Gasteiger partial charge in [0.15, 0.2) is 0 Å². The van der Waals surface area contributed by atoms with Gasteiger partial charge in [-0.15, -0.1) is 0 Å². The lowest BCUT2D eigenvalue weighted by molar-refractivity contribution is 0.192. The smallest absolute Gasteiger partial charge is 0.417 e. The third-order valence-electron chi connectivity index (χ3n) is 9.63. The Morgan fingerprint density at radius 1 is 0.919 bits per heavy atom. The van der Waals surface area contributed by atoms with E-state index in [2.05, 4.69) is 98.7 Å². The fraction of sp³-hybridized carbons (Fsp3) is 0.594. The fourth-order valence-corrected chi connectivity index (χ4v) is 7.46. The Morgan fingerprint density at radius 3 is 1.84 bits per heavy atom. The first-order valence-electron chi connectivity index (χ1n) is 14.0. The second-order valence-electron chi connectivity index (χ2n) is 12.2. The number of nitrogens with zero attached hydrogens (tertiary/aromatic N) is 1. The van der Waals surface area contributed by atoms with Gasteiger partial charge < -0.3 is 9.05 Å². The number of para-hydroxylation sites is 2. The number of rotatable bonds is 10. The molecule has 0 spiro atoms. The molecule has 4 nitrogen and oxygen atoms in total. The minimum atomic E-state index is -1.67. The van der Waals surface area contributed by atoms with Crippen molar-refractivity contribution in [1.29, 1.82) is 0 Å². The van der Waals surface area contributed by atoms with E-state index in [0.29, 0.717) is 17.9 Å². The van der Waals surface area contributed by atoms with E-state index in [9.17, 15) is 0 Å². The van der Waals surface area contributed by atoms with Crippen LogP contribution < -0.4 is 9.05 Å². The highest BCUT2D eigenvalue weighted by Crippen LogP contribution is 2.64. The van der Waals surface area contributed by atoms with Gasteiger partial charge in [0.1, 0.15) is 11.5 Å². The highest BCUT2D eigenvalue weighted by atomic mass is 31.2. The molecule has 5 heteroatoms. The first-order valence-corrected chi connectivity index (χ1v) is 15.1. The normalized spacial score (nSPS) is 25.0. The Labute approximate surface area is 226 Å². The van der Waals surface area contributed by atoms with Crippen molar-refractivity contribution in [3.05, 3.63) is 58.7 Å². The summed E-state index contributed by atoms with van der Waals surface area (Å²) in [5, 5.41) is 0. The molecule has 202 valence electrons. The third-order valence-corrected chi connectivity index (χ3v) is 10.7. The van der Waals surface area contributed by atoms with Crippen molar-refractivity contribution < 1.29 is 13.6 Å². The van der Waals surface area contributed by atoms with Gasteiger partial charge in [-0.2, -0.15) is 0 Å². The predicted octanol–water partition coefficient (Wildman–Crippen LogP) is 9.32. The maximum atomic E-state index is 6.54. The number of fused-ring (bicyclic) bond motifs is 2. The summed E-state index contributed by atoms with van der Waals surface area (Å²) in [4.78, 5) is 5.44. The lowest BCUT2D eigenvalue weighted by atomic mass is 9.70. The third kappa shape index (κ3) is 5.48. The van der Waals surface area contributed by atoms with Crippen LogP contribution in [0, 0.1) is 50.4 Å². The summed E-state index contributed by atoms with van der Waals surface area (Å²) in [5.41, 5.74) is 6.23. The summed E-state index contributed by atoms with van der Waals surface area (Å²) in [6.45, 7) is 20.6. The first-order chi connectivity index (χ1) is 17.5. The van der Waals surface area contributed by atoms with Crippen LogP contribution >= 0.6 is 8.60 Å². The average molecular weight is 524 g/mol. The molecule has 0 aromatic heterocycles. The van der Waals surface area contributed by atoms with E-state index in [0.717, 1.165) is 52.5 Å². The molecule has 2 aliphatic rings. The summed E-state index contributed by atoms with van der Waals surface area (Å²) >= 11 is 0. The molecule has 0 radical (unpaired) electrons. The van der Waals surface area contributed by atoms with Crippen LogP contribution in [0.15, 0.2) is 41.4 Å². The molecule has 0 saturated heterocycles. The minimum Gasteiger partial charge on any atom is -0.417 e. The van der Waals surface area contributed by atoms with E-state index in [1.54, 1.807) is 0 Å². The van der Waals surface area contributed by atoms with Crippen LogP contribution in [0.1, 0.15) is 82.6 Å². The molecule has 0 unspecified atom stereocenters. The monoisotopic (exact) mass is 523 g/mol. The van der Waals surface area contributed by atoms with E-state index < -0.39 is 8.60 Å². The molecule has 0 heterocycles. The minimum absolute atomic E-state index is 0.0834. The van der Waals surface area contributed by atoms with Crippen LogP contribution in [0.5, 0.6) is 11.5 Å². The number of aryl methyl sites for hydroxylation is 4. The van der Waals surface area contributed by atoms with Gasteiger partial charge in [0.05, 0.1) is 12.6 Å². The van der Waals surface area contributed by atoms with Crippen molar-refractivity contribution in [3.8, 4) is 11.5 Å². The van der Waals surface area contributed by atoms with Crippen molar-refractivity contribution in [3.63, 3.8) is 0 Å². The van der Waals surface area contributed by atoms with Crippen LogP contribution in [-0.4, -0.2) is 18.4 Å². The van der Waals surface area contributed by atoms with Crippen LogP contribution in [0.4, 0.5) is 0 Å². The van der Waals surface area contributed by atoms with E-state index in [4.69, 9.17) is 18.6 Å². The van der Waals surface area contributed by atoms with Gasteiger partial charge in [0, 0.05) is 11.1 Å². The van der Waals surface area contributed by atoms with E-state index in [1.807, 2.05) is 0 Å². The summed E-state index contributed by atoms with van der Waals surface area (Å²) in [5.74, 6) is 2.84. The van der Waals surface area contributed by atoms with Gasteiger partial charge in [0.25, 0.3) is 0 Å². The van der Waals surface area contributed by atoms with E-state index >= 15 is 0 Å². The Hall–Kier alpha value is -1.90. The highest BCUT2D eigenvalue weighted by Gasteiger charge is 2.59.